The summed E-state index contributed by atoms with van der Waals surface area (Å²) >= 11 is 1.66. The molecule has 7 heteroatoms. The number of likely N-dealkylation sites (tertiary alicyclic amines) is 1. The second kappa shape index (κ2) is 6.30. The lowest BCUT2D eigenvalue weighted by Gasteiger charge is -2.42. The number of nitrogens with zero attached hydrogens (tertiary/aromatic N) is 2. The Bertz CT molecular complexity index is 589. The minimum atomic E-state index is -0.478. The van der Waals surface area contributed by atoms with Crippen LogP contribution in [0.25, 0.3) is 0 Å². The van der Waals surface area contributed by atoms with Crippen LogP contribution in [-0.2, 0) is 14.3 Å². The number of carbonyl (C=O) groups is 2. The second-order valence-electron chi connectivity index (χ2n) is 6.48. The number of β-lactam (4-membered cyclic amide) rings is 1. The van der Waals surface area contributed by atoms with E-state index in [-0.39, 0.29) is 23.9 Å². The van der Waals surface area contributed by atoms with Gasteiger partial charge in [-0.25, -0.2) is 4.79 Å². The number of hydrogen-bond acceptors (Lipinski definition) is 5. The average Bonchev–Trinajstić information content (AvgIpc) is 2.92. The van der Waals surface area contributed by atoms with E-state index in [1.807, 2.05) is 6.92 Å². The third-order valence-electron chi connectivity index (χ3n) is 5.26. The summed E-state index contributed by atoms with van der Waals surface area (Å²) in [5, 5.41) is 9.61. The minimum Gasteiger partial charge on any atom is -0.424 e. The molecule has 0 aromatic carbocycles. The van der Waals surface area contributed by atoms with Gasteiger partial charge in [0.15, 0.2) is 6.26 Å². The molecule has 126 valence electrons. The Morgan fingerprint density at radius 1 is 1.61 bits per heavy atom. The molecule has 0 aliphatic carbocycles. The van der Waals surface area contributed by atoms with Crippen LogP contribution >= 0.6 is 11.8 Å². The zero-order valence-electron chi connectivity index (χ0n) is 13.5. The molecule has 3 heterocycles. The van der Waals surface area contributed by atoms with Gasteiger partial charge in [-0.1, -0.05) is 0 Å². The maximum Gasteiger partial charge on any atom is 0.359 e. The topological polar surface area (TPSA) is 66.8 Å². The quantitative estimate of drug-likeness (QED) is 0.361. The molecule has 2 fully saturated rings. The highest BCUT2D eigenvalue weighted by atomic mass is 32.2. The fourth-order valence-corrected chi connectivity index (χ4v) is 4.62. The summed E-state index contributed by atoms with van der Waals surface area (Å²) in [6, 6.07) is 0.150. The van der Waals surface area contributed by atoms with Crippen LogP contribution in [0.1, 0.15) is 26.2 Å². The Balaban J connectivity index is 1.68. The summed E-state index contributed by atoms with van der Waals surface area (Å²) in [6.45, 7) is 2.98. The van der Waals surface area contributed by atoms with Gasteiger partial charge in [0.2, 0.25) is 5.91 Å². The third-order valence-corrected chi connectivity index (χ3v) is 6.38. The fourth-order valence-electron chi connectivity index (χ4n) is 3.51. The van der Waals surface area contributed by atoms with Crippen molar-refractivity contribution in [3.63, 3.8) is 0 Å². The van der Waals surface area contributed by atoms with E-state index in [4.69, 9.17) is 4.74 Å². The van der Waals surface area contributed by atoms with Crippen LogP contribution in [0.3, 0.4) is 0 Å². The predicted molar refractivity (Wildman–Crippen MR) is 86.8 cm³/mol. The maximum atomic E-state index is 12.3. The number of hydrogen-bond donors (Lipinski definition) is 1. The molecule has 3 rings (SSSR count). The van der Waals surface area contributed by atoms with Crippen molar-refractivity contribution >= 4 is 23.6 Å². The molecule has 0 radical (unpaired) electrons. The van der Waals surface area contributed by atoms with Crippen LogP contribution < -0.4 is 0 Å². The van der Waals surface area contributed by atoms with Crippen molar-refractivity contribution in [2.24, 2.45) is 0 Å². The number of aliphatic hydroxyl groups is 1. The average molecular weight is 339 g/mol. The Morgan fingerprint density at radius 3 is 3.09 bits per heavy atom. The number of amides is 1. The van der Waals surface area contributed by atoms with E-state index in [2.05, 4.69) is 7.05 Å². The van der Waals surface area contributed by atoms with Gasteiger partial charge >= 0.3 is 5.97 Å². The molecule has 0 aromatic rings. The van der Waals surface area contributed by atoms with E-state index in [0.29, 0.717) is 16.6 Å². The highest BCUT2D eigenvalue weighted by Crippen LogP contribution is 2.37. The lowest BCUT2D eigenvalue weighted by atomic mass is 10.1. The van der Waals surface area contributed by atoms with Crippen molar-refractivity contribution in [2.75, 3.05) is 26.0 Å². The van der Waals surface area contributed by atoms with Crippen molar-refractivity contribution in [1.82, 2.24) is 4.90 Å². The zero-order valence-corrected chi connectivity index (χ0v) is 14.3. The first-order valence-electron chi connectivity index (χ1n) is 7.95. The van der Waals surface area contributed by atoms with Crippen LogP contribution in [0.5, 0.6) is 0 Å². The largest absolute Gasteiger partial charge is 0.424 e. The minimum absolute atomic E-state index is 0.0232. The molecule has 3 aliphatic heterocycles. The number of esters is 1. The molecule has 0 saturated carbocycles. The van der Waals surface area contributed by atoms with E-state index < -0.39 is 5.97 Å². The standard InChI is InChI=1S/C16H23N2O4S/c1-11(18(2)6-3-4-12(18)9-19)10-22-16(21)13-5-7-23-15-8-14(20)17(13)15/h5,10,12,15,19H,3-4,6-9H2,1-2H3/q+1/t12?,15?,18-/m1/s1. The SMILES string of the molecule is CC(=COC(=O)C1=CCSC2CC(=O)N12)[N@@+]1(C)CCCC1CO. The van der Waals surface area contributed by atoms with Crippen molar-refractivity contribution in [2.45, 2.75) is 37.6 Å². The summed E-state index contributed by atoms with van der Waals surface area (Å²) in [4.78, 5) is 25.5. The van der Waals surface area contributed by atoms with E-state index in [1.165, 1.54) is 11.2 Å². The fraction of sp³-hybridized carbons (Fsp3) is 0.625. The lowest BCUT2D eigenvalue weighted by Crippen LogP contribution is -2.53. The van der Waals surface area contributed by atoms with Crippen molar-refractivity contribution in [3.05, 3.63) is 23.7 Å². The van der Waals surface area contributed by atoms with Crippen LogP contribution in [0.15, 0.2) is 23.7 Å². The molecule has 3 atom stereocenters. The predicted octanol–water partition coefficient (Wildman–Crippen LogP) is 1.18. The molecule has 1 amide bonds. The third kappa shape index (κ3) is 2.81. The van der Waals surface area contributed by atoms with Gasteiger partial charge in [0.25, 0.3) is 0 Å². The zero-order chi connectivity index (χ0) is 16.6. The van der Waals surface area contributed by atoms with Gasteiger partial charge < -0.3 is 9.84 Å². The summed E-state index contributed by atoms with van der Waals surface area (Å²) in [5.74, 6) is 0.223. The molecule has 1 N–H and O–H groups in total. The molecule has 2 saturated heterocycles. The first-order valence-corrected chi connectivity index (χ1v) is 9.00. The van der Waals surface area contributed by atoms with Crippen LogP contribution in [-0.4, -0.2) is 63.7 Å². The van der Waals surface area contributed by atoms with Gasteiger partial charge in [0.1, 0.15) is 17.4 Å². The number of aliphatic hydroxyl groups excluding tert-OH is 1. The smallest absolute Gasteiger partial charge is 0.359 e. The summed E-state index contributed by atoms with van der Waals surface area (Å²) < 4.78 is 5.95. The molecule has 0 bridgehead atoms. The maximum absolute atomic E-state index is 12.3. The van der Waals surface area contributed by atoms with Crippen LogP contribution in [0.4, 0.5) is 0 Å². The Morgan fingerprint density at radius 2 is 2.39 bits per heavy atom. The van der Waals surface area contributed by atoms with E-state index in [0.717, 1.165) is 30.8 Å². The van der Waals surface area contributed by atoms with Gasteiger partial charge in [-0.2, -0.15) is 0 Å². The van der Waals surface area contributed by atoms with Gasteiger partial charge in [0.05, 0.1) is 32.0 Å². The number of rotatable bonds is 4. The summed E-state index contributed by atoms with van der Waals surface area (Å²) in [6.07, 6.45) is 5.76. The molecule has 2 unspecified atom stereocenters. The number of thioether (sulfide) groups is 1. The number of likely N-dealkylation sites (N-methyl/N-ethyl adjacent to an activating group) is 1. The molecular formula is C16H23N2O4S+. The molecule has 23 heavy (non-hydrogen) atoms. The summed E-state index contributed by atoms with van der Waals surface area (Å²) in [5.41, 5.74) is 1.27. The van der Waals surface area contributed by atoms with Crippen molar-refractivity contribution in [1.29, 1.82) is 0 Å². The van der Waals surface area contributed by atoms with Gasteiger partial charge in [-0.15, -0.1) is 11.8 Å². The van der Waals surface area contributed by atoms with Crippen molar-refractivity contribution in [3.8, 4) is 0 Å². The Hall–Kier alpha value is -1.31. The first-order chi connectivity index (χ1) is 11.0. The summed E-state index contributed by atoms with van der Waals surface area (Å²) in [7, 11) is 2.05. The number of carbonyl (C=O) groups excluding carboxylic acids is 2. The number of quaternary nitrogens is 1. The van der Waals surface area contributed by atoms with Gasteiger partial charge in [0, 0.05) is 25.5 Å². The number of fused-ring (bicyclic) bond motifs is 1. The monoisotopic (exact) mass is 339 g/mol. The van der Waals surface area contributed by atoms with Crippen molar-refractivity contribution < 1.29 is 23.9 Å². The normalized spacial score (nSPS) is 33.9. The molecule has 3 aliphatic rings. The molecule has 6 nitrogen and oxygen atoms in total. The Kier molecular flexibility index (Phi) is 4.53. The highest BCUT2D eigenvalue weighted by molar-refractivity contribution is 8.00. The van der Waals surface area contributed by atoms with Crippen LogP contribution in [0.2, 0.25) is 0 Å². The van der Waals surface area contributed by atoms with E-state index >= 15 is 0 Å². The van der Waals surface area contributed by atoms with E-state index in [1.54, 1.807) is 17.8 Å². The van der Waals surface area contributed by atoms with E-state index in [9.17, 15) is 14.7 Å². The van der Waals surface area contributed by atoms with Crippen LogP contribution in [0, 0.1) is 0 Å². The molecule has 0 spiro atoms. The number of ether oxygens (including phenoxy) is 1. The lowest BCUT2D eigenvalue weighted by molar-refractivity contribution is -0.885. The molecular weight excluding hydrogens is 316 g/mol. The number of allylic oxidation sites excluding steroid dienone is 1. The van der Waals surface area contributed by atoms with Gasteiger partial charge in [-0.3, -0.25) is 14.2 Å². The Labute approximate surface area is 140 Å². The first kappa shape index (κ1) is 16.5. The molecule has 0 aromatic heterocycles. The second-order valence-corrected chi connectivity index (χ2v) is 7.69. The van der Waals surface area contributed by atoms with Gasteiger partial charge in [-0.05, 0) is 6.08 Å². The highest BCUT2D eigenvalue weighted by Gasteiger charge is 2.44.